The minimum absolute atomic E-state index is 0.257. The van der Waals surface area contributed by atoms with Gasteiger partial charge < -0.3 is 5.32 Å². The highest BCUT2D eigenvalue weighted by atomic mass is 19.3. The molecular weight excluding hydrogens is 290 g/mol. The Morgan fingerprint density at radius 1 is 1.05 bits per heavy atom. The van der Waals surface area contributed by atoms with Gasteiger partial charge in [0.25, 0.3) is 5.92 Å². The van der Waals surface area contributed by atoms with Crippen LogP contribution >= 0.6 is 0 Å². The SMILES string of the molecule is O=C1CCC(c2ccc(C3CCNCC3(F)F)cc2)C(=O)N1. The molecule has 0 radical (unpaired) electrons. The molecule has 0 spiro atoms. The summed E-state index contributed by atoms with van der Waals surface area (Å²) in [5, 5.41) is 5.03. The van der Waals surface area contributed by atoms with Gasteiger partial charge in [0, 0.05) is 6.42 Å². The van der Waals surface area contributed by atoms with Crippen molar-refractivity contribution in [1.29, 1.82) is 0 Å². The van der Waals surface area contributed by atoms with Crippen LogP contribution < -0.4 is 10.6 Å². The fourth-order valence-electron chi connectivity index (χ4n) is 3.22. The molecule has 0 saturated carbocycles. The Morgan fingerprint density at radius 3 is 2.36 bits per heavy atom. The van der Waals surface area contributed by atoms with Gasteiger partial charge >= 0.3 is 0 Å². The third kappa shape index (κ3) is 2.88. The van der Waals surface area contributed by atoms with Crippen LogP contribution in [0.5, 0.6) is 0 Å². The first-order chi connectivity index (χ1) is 10.5. The summed E-state index contributed by atoms with van der Waals surface area (Å²) in [4.78, 5) is 23.0. The zero-order valence-electron chi connectivity index (χ0n) is 12.1. The average Bonchev–Trinajstić information content (AvgIpc) is 2.47. The number of benzene rings is 1. The molecule has 1 aromatic rings. The summed E-state index contributed by atoms with van der Waals surface area (Å²) in [6.45, 7) is 0.279. The van der Waals surface area contributed by atoms with E-state index in [2.05, 4.69) is 10.6 Å². The molecule has 0 aliphatic carbocycles. The molecule has 2 aliphatic heterocycles. The van der Waals surface area contributed by atoms with E-state index >= 15 is 0 Å². The maximum atomic E-state index is 14.0. The normalized spacial score (nSPS) is 28.3. The van der Waals surface area contributed by atoms with E-state index in [-0.39, 0.29) is 24.3 Å². The molecular formula is C16H18F2N2O2. The van der Waals surface area contributed by atoms with Gasteiger partial charge in [0.05, 0.1) is 18.4 Å². The highest BCUT2D eigenvalue weighted by Crippen LogP contribution is 2.38. The van der Waals surface area contributed by atoms with Crippen LogP contribution in [-0.2, 0) is 9.59 Å². The molecule has 2 fully saturated rings. The Balaban J connectivity index is 1.78. The molecule has 118 valence electrons. The van der Waals surface area contributed by atoms with E-state index in [0.717, 1.165) is 5.56 Å². The van der Waals surface area contributed by atoms with Gasteiger partial charge in [0.15, 0.2) is 0 Å². The monoisotopic (exact) mass is 308 g/mol. The molecule has 2 saturated heterocycles. The Bertz CT molecular complexity index is 586. The second-order valence-electron chi connectivity index (χ2n) is 5.95. The van der Waals surface area contributed by atoms with Gasteiger partial charge in [-0.05, 0) is 30.5 Å². The van der Waals surface area contributed by atoms with Gasteiger partial charge in [0.1, 0.15) is 0 Å². The number of hydrogen-bond donors (Lipinski definition) is 2. The largest absolute Gasteiger partial charge is 0.311 e. The molecule has 3 rings (SSSR count). The van der Waals surface area contributed by atoms with E-state index < -0.39 is 11.8 Å². The maximum Gasteiger partial charge on any atom is 0.267 e. The standard InChI is InChI=1S/C16H18F2N2O2/c17-16(18)9-19-8-7-13(16)11-3-1-10(2-4-11)12-5-6-14(21)20-15(12)22/h1-4,12-13,19H,5-9H2,(H,20,21,22). The van der Waals surface area contributed by atoms with Crippen LogP contribution in [0.25, 0.3) is 0 Å². The molecule has 2 unspecified atom stereocenters. The number of hydrogen-bond acceptors (Lipinski definition) is 3. The van der Waals surface area contributed by atoms with Crippen molar-refractivity contribution in [2.24, 2.45) is 0 Å². The van der Waals surface area contributed by atoms with Crippen LogP contribution in [0.4, 0.5) is 8.78 Å². The molecule has 22 heavy (non-hydrogen) atoms. The van der Waals surface area contributed by atoms with E-state index in [1.54, 1.807) is 24.3 Å². The van der Waals surface area contributed by atoms with Crippen LogP contribution in [0.2, 0.25) is 0 Å². The van der Waals surface area contributed by atoms with Crippen molar-refractivity contribution in [1.82, 2.24) is 10.6 Å². The third-order valence-corrected chi connectivity index (χ3v) is 4.46. The lowest BCUT2D eigenvalue weighted by Crippen LogP contribution is -2.44. The number of nitrogens with one attached hydrogen (secondary N) is 2. The van der Waals surface area contributed by atoms with Gasteiger partial charge in [-0.1, -0.05) is 24.3 Å². The number of alkyl halides is 2. The summed E-state index contributed by atoms with van der Waals surface area (Å²) in [6, 6.07) is 6.83. The second-order valence-corrected chi connectivity index (χ2v) is 5.95. The van der Waals surface area contributed by atoms with Crippen LogP contribution in [0.1, 0.15) is 42.2 Å². The lowest BCUT2D eigenvalue weighted by Gasteiger charge is -2.32. The van der Waals surface area contributed by atoms with Crippen LogP contribution in [-0.4, -0.2) is 30.8 Å². The average molecular weight is 308 g/mol. The zero-order chi connectivity index (χ0) is 15.7. The van der Waals surface area contributed by atoms with E-state index in [4.69, 9.17) is 0 Å². The summed E-state index contributed by atoms with van der Waals surface area (Å²) in [6.07, 6.45) is 1.17. The van der Waals surface area contributed by atoms with Gasteiger partial charge in [-0.15, -0.1) is 0 Å². The quantitative estimate of drug-likeness (QED) is 0.821. The number of piperidine rings is 2. The first kappa shape index (κ1) is 15.1. The van der Waals surface area contributed by atoms with Crippen molar-refractivity contribution in [3.8, 4) is 0 Å². The van der Waals surface area contributed by atoms with Crippen LogP contribution in [0.3, 0.4) is 0 Å². The summed E-state index contributed by atoms with van der Waals surface area (Å²) >= 11 is 0. The fourth-order valence-corrected chi connectivity index (χ4v) is 3.22. The van der Waals surface area contributed by atoms with Gasteiger partial charge in [0.2, 0.25) is 11.8 Å². The Kier molecular flexibility index (Phi) is 3.95. The Morgan fingerprint density at radius 2 is 1.73 bits per heavy atom. The number of halogens is 2. The fraction of sp³-hybridized carbons (Fsp3) is 0.500. The molecule has 1 aromatic carbocycles. The highest BCUT2D eigenvalue weighted by Gasteiger charge is 2.42. The minimum atomic E-state index is -2.76. The number of carbonyl (C=O) groups excluding carboxylic acids is 2. The third-order valence-electron chi connectivity index (χ3n) is 4.46. The lowest BCUT2D eigenvalue weighted by atomic mass is 9.84. The van der Waals surface area contributed by atoms with Crippen molar-refractivity contribution in [3.05, 3.63) is 35.4 Å². The molecule has 4 nitrogen and oxygen atoms in total. The summed E-state index contributed by atoms with van der Waals surface area (Å²) in [5.41, 5.74) is 1.37. The van der Waals surface area contributed by atoms with E-state index in [1.165, 1.54) is 0 Å². The maximum absolute atomic E-state index is 14.0. The first-order valence-electron chi connectivity index (χ1n) is 7.49. The summed E-state index contributed by atoms with van der Waals surface area (Å²) < 4.78 is 27.9. The van der Waals surface area contributed by atoms with Gasteiger partial charge in [-0.25, -0.2) is 8.78 Å². The van der Waals surface area contributed by atoms with Gasteiger partial charge in [-0.2, -0.15) is 0 Å². The molecule has 0 aromatic heterocycles. The molecule has 2 amide bonds. The van der Waals surface area contributed by atoms with Crippen molar-refractivity contribution in [3.63, 3.8) is 0 Å². The summed E-state index contributed by atoms with van der Waals surface area (Å²) in [7, 11) is 0. The predicted octanol–water partition coefficient (Wildman–Crippen LogP) is 1.92. The van der Waals surface area contributed by atoms with Crippen molar-refractivity contribution >= 4 is 11.8 Å². The van der Waals surface area contributed by atoms with Gasteiger partial charge in [-0.3, -0.25) is 14.9 Å². The highest BCUT2D eigenvalue weighted by molar-refractivity contribution is 6.00. The van der Waals surface area contributed by atoms with Crippen molar-refractivity contribution in [2.45, 2.75) is 37.0 Å². The topological polar surface area (TPSA) is 58.2 Å². The summed E-state index contributed by atoms with van der Waals surface area (Å²) in [5.74, 6) is -4.48. The number of amides is 2. The van der Waals surface area contributed by atoms with Crippen LogP contribution in [0, 0.1) is 0 Å². The van der Waals surface area contributed by atoms with Crippen molar-refractivity contribution < 1.29 is 18.4 Å². The zero-order valence-corrected chi connectivity index (χ0v) is 12.1. The van der Waals surface area contributed by atoms with E-state index in [0.29, 0.717) is 31.4 Å². The molecule has 2 aliphatic rings. The number of rotatable bonds is 2. The lowest BCUT2D eigenvalue weighted by molar-refractivity contribution is -0.134. The Labute approximate surface area is 127 Å². The molecule has 6 heteroatoms. The number of carbonyl (C=O) groups is 2. The molecule has 2 N–H and O–H groups in total. The smallest absolute Gasteiger partial charge is 0.267 e. The first-order valence-corrected chi connectivity index (χ1v) is 7.49. The molecule has 0 bridgehead atoms. The Hall–Kier alpha value is -1.82. The minimum Gasteiger partial charge on any atom is -0.311 e. The van der Waals surface area contributed by atoms with Crippen LogP contribution in [0.15, 0.2) is 24.3 Å². The second kappa shape index (κ2) is 5.76. The van der Waals surface area contributed by atoms with E-state index in [9.17, 15) is 18.4 Å². The molecule has 2 heterocycles. The number of imide groups is 1. The van der Waals surface area contributed by atoms with E-state index in [1.807, 2.05) is 0 Å². The molecule has 2 atom stereocenters. The predicted molar refractivity (Wildman–Crippen MR) is 76.7 cm³/mol. The van der Waals surface area contributed by atoms with Crippen molar-refractivity contribution in [2.75, 3.05) is 13.1 Å².